The van der Waals surface area contributed by atoms with Gasteiger partial charge in [-0.25, -0.2) is 4.98 Å². The van der Waals surface area contributed by atoms with E-state index in [1.165, 1.54) is 12.1 Å². The van der Waals surface area contributed by atoms with Gasteiger partial charge < -0.3 is 14.4 Å². The number of benzene rings is 2. The number of hydrogen-bond acceptors (Lipinski definition) is 3. The maximum Gasteiger partial charge on any atom is 0.416 e. The molecular weight excluding hydrogens is 345 g/mol. The first-order valence-electron chi connectivity index (χ1n) is 8.14. The van der Waals surface area contributed by atoms with E-state index in [2.05, 4.69) is 4.98 Å². The molecule has 1 heterocycles. The maximum atomic E-state index is 12.6. The van der Waals surface area contributed by atoms with Crippen LogP contribution in [0.4, 0.5) is 13.2 Å². The molecule has 0 fully saturated rings. The molecule has 0 aliphatic heterocycles. The molecule has 1 N–H and O–H groups in total. The SMILES string of the molecule is CC(C)(O)CCn1cnc2ccc(Oc3ccc(C(F)(F)F)cc3)cc21. The highest BCUT2D eigenvalue weighted by Crippen LogP contribution is 2.32. The number of nitrogens with zero attached hydrogens (tertiary/aromatic N) is 2. The molecule has 0 saturated carbocycles. The van der Waals surface area contributed by atoms with Crippen LogP contribution in [0.25, 0.3) is 11.0 Å². The fraction of sp³-hybridized carbons (Fsp3) is 0.316. The molecule has 1 aromatic heterocycles. The number of aryl methyl sites for hydroxylation is 1. The molecule has 0 amide bonds. The molecule has 0 aliphatic rings. The number of aromatic nitrogens is 2. The Morgan fingerprint density at radius 2 is 1.69 bits per heavy atom. The van der Waals surface area contributed by atoms with Crippen LogP contribution in [-0.4, -0.2) is 20.3 Å². The van der Waals surface area contributed by atoms with Crippen molar-refractivity contribution in [3.05, 3.63) is 54.4 Å². The zero-order valence-electron chi connectivity index (χ0n) is 14.4. The van der Waals surface area contributed by atoms with Gasteiger partial charge in [0, 0.05) is 12.6 Å². The van der Waals surface area contributed by atoms with E-state index in [9.17, 15) is 18.3 Å². The third-order valence-electron chi connectivity index (χ3n) is 3.97. The van der Waals surface area contributed by atoms with Crippen LogP contribution in [0.5, 0.6) is 11.5 Å². The van der Waals surface area contributed by atoms with Gasteiger partial charge in [0.25, 0.3) is 0 Å². The minimum absolute atomic E-state index is 0.319. The van der Waals surface area contributed by atoms with Crippen molar-refractivity contribution in [2.45, 2.75) is 38.6 Å². The molecule has 3 rings (SSSR count). The van der Waals surface area contributed by atoms with Gasteiger partial charge in [-0.1, -0.05) is 0 Å². The number of ether oxygens (including phenoxy) is 1. The molecule has 7 heteroatoms. The Hall–Kier alpha value is -2.54. The fourth-order valence-electron chi connectivity index (χ4n) is 2.52. The van der Waals surface area contributed by atoms with Gasteiger partial charge in [-0.2, -0.15) is 13.2 Å². The van der Waals surface area contributed by atoms with Gasteiger partial charge in [-0.05, 0) is 56.7 Å². The molecule has 0 radical (unpaired) electrons. The number of alkyl halides is 3. The summed E-state index contributed by atoms with van der Waals surface area (Å²) in [5.74, 6) is 0.821. The lowest BCUT2D eigenvalue weighted by Gasteiger charge is -2.17. The van der Waals surface area contributed by atoms with E-state index < -0.39 is 17.3 Å². The zero-order valence-corrected chi connectivity index (χ0v) is 14.4. The standard InChI is InChI=1S/C19H19F3N2O2/c1-18(2,25)9-10-24-12-23-16-8-7-15(11-17(16)24)26-14-5-3-13(4-6-14)19(20,21)22/h3-8,11-12,25H,9-10H2,1-2H3. The van der Waals surface area contributed by atoms with Crippen LogP contribution >= 0.6 is 0 Å². The number of halogens is 3. The summed E-state index contributed by atoms with van der Waals surface area (Å²) < 4.78 is 45.4. The first-order valence-corrected chi connectivity index (χ1v) is 8.14. The normalized spacial score (nSPS) is 12.5. The minimum atomic E-state index is -4.37. The Balaban J connectivity index is 1.80. The molecule has 26 heavy (non-hydrogen) atoms. The Labute approximate surface area is 148 Å². The molecule has 138 valence electrons. The van der Waals surface area contributed by atoms with Crippen LogP contribution in [-0.2, 0) is 12.7 Å². The fourth-order valence-corrected chi connectivity index (χ4v) is 2.52. The topological polar surface area (TPSA) is 47.3 Å². The monoisotopic (exact) mass is 364 g/mol. The van der Waals surface area contributed by atoms with Gasteiger partial charge >= 0.3 is 6.18 Å². The summed E-state index contributed by atoms with van der Waals surface area (Å²) >= 11 is 0. The van der Waals surface area contributed by atoms with E-state index in [-0.39, 0.29) is 0 Å². The van der Waals surface area contributed by atoms with Crippen molar-refractivity contribution in [3.63, 3.8) is 0 Å². The van der Waals surface area contributed by atoms with E-state index in [0.29, 0.717) is 24.5 Å². The first kappa shape index (κ1) is 18.3. The van der Waals surface area contributed by atoms with Crippen molar-refractivity contribution in [2.75, 3.05) is 0 Å². The molecule has 0 spiro atoms. The molecular formula is C19H19F3N2O2. The van der Waals surface area contributed by atoms with Crippen LogP contribution in [0.15, 0.2) is 48.8 Å². The molecule has 0 atom stereocenters. The Morgan fingerprint density at radius 3 is 2.31 bits per heavy atom. The van der Waals surface area contributed by atoms with E-state index in [4.69, 9.17) is 4.74 Å². The van der Waals surface area contributed by atoms with Gasteiger partial charge in [0.2, 0.25) is 0 Å². The first-order chi connectivity index (χ1) is 12.1. The second kappa shape index (κ2) is 6.64. The lowest BCUT2D eigenvalue weighted by molar-refractivity contribution is -0.137. The van der Waals surface area contributed by atoms with Gasteiger partial charge in [-0.15, -0.1) is 0 Å². The highest BCUT2D eigenvalue weighted by atomic mass is 19.4. The van der Waals surface area contributed by atoms with E-state index in [1.54, 1.807) is 38.4 Å². The van der Waals surface area contributed by atoms with Crippen LogP contribution in [0.2, 0.25) is 0 Å². The smallest absolute Gasteiger partial charge is 0.416 e. The molecule has 3 aromatic rings. The lowest BCUT2D eigenvalue weighted by Crippen LogP contribution is -2.20. The summed E-state index contributed by atoms with van der Waals surface area (Å²) in [6, 6.07) is 9.84. The summed E-state index contributed by atoms with van der Waals surface area (Å²) in [4.78, 5) is 4.31. The second-order valence-electron chi connectivity index (χ2n) is 6.78. The van der Waals surface area contributed by atoms with Crippen molar-refractivity contribution in [1.82, 2.24) is 9.55 Å². The molecule has 0 saturated heterocycles. The summed E-state index contributed by atoms with van der Waals surface area (Å²) in [7, 11) is 0. The van der Waals surface area contributed by atoms with Crippen molar-refractivity contribution < 1.29 is 23.0 Å². The van der Waals surface area contributed by atoms with Crippen molar-refractivity contribution >= 4 is 11.0 Å². The average Bonchev–Trinajstić information content (AvgIpc) is 2.94. The van der Waals surface area contributed by atoms with Crippen molar-refractivity contribution in [3.8, 4) is 11.5 Å². The van der Waals surface area contributed by atoms with E-state index >= 15 is 0 Å². The number of imidazole rings is 1. The number of rotatable bonds is 5. The van der Waals surface area contributed by atoms with Crippen LogP contribution in [0, 0.1) is 0 Å². The number of aliphatic hydroxyl groups is 1. The summed E-state index contributed by atoms with van der Waals surface area (Å²) in [5.41, 5.74) is 0.106. The Morgan fingerprint density at radius 1 is 1.04 bits per heavy atom. The quantitative estimate of drug-likeness (QED) is 0.692. The van der Waals surface area contributed by atoms with Crippen LogP contribution in [0.3, 0.4) is 0 Å². The predicted octanol–water partition coefficient (Wildman–Crippen LogP) is 5.01. The highest BCUT2D eigenvalue weighted by Gasteiger charge is 2.30. The van der Waals surface area contributed by atoms with Crippen LogP contribution in [0.1, 0.15) is 25.8 Å². The molecule has 0 aliphatic carbocycles. The lowest BCUT2D eigenvalue weighted by atomic mass is 10.1. The maximum absolute atomic E-state index is 12.6. The third-order valence-corrected chi connectivity index (χ3v) is 3.97. The second-order valence-corrected chi connectivity index (χ2v) is 6.78. The highest BCUT2D eigenvalue weighted by molar-refractivity contribution is 5.77. The summed E-state index contributed by atoms with van der Waals surface area (Å²) in [6.45, 7) is 4.07. The number of hydrogen-bond donors (Lipinski definition) is 1. The van der Waals surface area contributed by atoms with Crippen molar-refractivity contribution in [2.24, 2.45) is 0 Å². The summed E-state index contributed by atoms with van der Waals surface area (Å²) in [6.07, 6.45) is -2.12. The van der Waals surface area contributed by atoms with Crippen molar-refractivity contribution in [1.29, 1.82) is 0 Å². The van der Waals surface area contributed by atoms with Gasteiger partial charge in [0.05, 0.1) is 28.5 Å². The third kappa shape index (κ3) is 4.35. The predicted molar refractivity (Wildman–Crippen MR) is 92.2 cm³/mol. The molecule has 0 bridgehead atoms. The average molecular weight is 364 g/mol. The van der Waals surface area contributed by atoms with Gasteiger partial charge in [-0.3, -0.25) is 0 Å². The zero-order chi connectivity index (χ0) is 18.9. The molecule has 0 unspecified atom stereocenters. The van der Waals surface area contributed by atoms with Gasteiger partial charge in [0.15, 0.2) is 0 Å². The van der Waals surface area contributed by atoms with E-state index in [0.717, 1.165) is 23.2 Å². The Bertz CT molecular complexity index is 894. The molecule has 4 nitrogen and oxygen atoms in total. The van der Waals surface area contributed by atoms with Gasteiger partial charge in [0.1, 0.15) is 11.5 Å². The summed E-state index contributed by atoms with van der Waals surface area (Å²) in [5, 5.41) is 9.88. The minimum Gasteiger partial charge on any atom is -0.457 e. The Kier molecular flexibility index (Phi) is 4.66. The van der Waals surface area contributed by atoms with Crippen LogP contribution < -0.4 is 4.74 Å². The van der Waals surface area contributed by atoms with E-state index in [1.807, 2.05) is 4.57 Å². The molecule has 2 aromatic carbocycles. The largest absolute Gasteiger partial charge is 0.457 e. The number of fused-ring (bicyclic) bond motifs is 1.